The highest BCUT2D eigenvalue weighted by Gasteiger charge is 2.46. The lowest BCUT2D eigenvalue weighted by Crippen LogP contribution is -2.24. The van der Waals surface area contributed by atoms with Gasteiger partial charge in [-0.3, -0.25) is 9.59 Å². The summed E-state index contributed by atoms with van der Waals surface area (Å²) in [7, 11) is 0. The summed E-state index contributed by atoms with van der Waals surface area (Å²) >= 11 is 0. The van der Waals surface area contributed by atoms with E-state index in [2.05, 4.69) is 0 Å². The quantitative estimate of drug-likeness (QED) is 0.355. The van der Waals surface area contributed by atoms with Crippen molar-refractivity contribution in [1.82, 2.24) is 0 Å². The van der Waals surface area contributed by atoms with Crippen LogP contribution in [0.25, 0.3) is 0 Å². The Hall–Kier alpha value is -1.14. The first kappa shape index (κ1) is 18.2. The number of fused-ring (bicyclic) bond motifs is 2. The largest absolute Gasteiger partial charge is 0.465 e. The minimum Gasteiger partial charge on any atom is -0.465 e. The topological polar surface area (TPSA) is 77.7 Å². The molecule has 0 bridgehead atoms. The summed E-state index contributed by atoms with van der Waals surface area (Å²) in [5, 5.41) is 0. The molecule has 5 unspecified atom stereocenters. The molecule has 0 radical (unpaired) electrons. The van der Waals surface area contributed by atoms with Gasteiger partial charge in [-0.15, -0.1) is 0 Å². The standard InChI is InChI=1S/C20H30O6/c21-19(24-12-13-5-7-15-17(10-13)25-15)4-2-1-3-9-23-20(22)14-6-8-16-18(11-14)26-16/h13-18H,1-12H2/t13?,14?,15?,16?,17?,18-/m0/s1. The van der Waals surface area contributed by atoms with Gasteiger partial charge in [0.1, 0.15) is 0 Å². The van der Waals surface area contributed by atoms with E-state index >= 15 is 0 Å². The molecule has 2 aliphatic carbocycles. The van der Waals surface area contributed by atoms with Gasteiger partial charge >= 0.3 is 11.9 Å². The number of hydrogen-bond donors (Lipinski definition) is 0. The van der Waals surface area contributed by atoms with E-state index in [0.717, 1.165) is 57.8 Å². The molecule has 2 saturated carbocycles. The number of esters is 2. The van der Waals surface area contributed by atoms with Crippen molar-refractivity contribution in [1.29, 1.82) is 0 Å². The van der Waals surface area contributed by atoms with Crippen molar-refractivity contribution in [2.75, 3.05) is 13.2 Å². The molecule has 6 heteroatoms. The van der Waals surface area contributed by atoms with Crippen LogP contribution in [0.2, 0.25) is 0 Å². The second kappa shape index (κ2) is 8.26. The van der Waals surface area contributed by atoms with Crippen LogP contribution in [0.4, 0.5) is 0 Å². The molecule has 0 N–H and O–H groups in total. The minimum atomic E-state index is -0.109. The van der Waals surface area contributed by atoms with Crippen LogP contribution >= 0.6 is 0 Å². The maximum atomic E-state index is 12.0. The van der Waals surface area contributed by atoms with Crippen molar-refractivity contribution >= 4 is 11.9 Å². The molecule has 2 aliphatic heterocycles. The molecule has 6 nitrogen and oxygen atoms in total. The molecular formula is C20H30O6. The molecule has 26 heavy (non-hydrogen) atoms. The Morgan fingerprint density at radius 2 is 1.58 bits per heavy atom. The van der Waals surface area contributed by atoms with E-state index in [9.17, 15) is 9.59 Å². The van der Waals surface area contributed by atoms with Gasteiger partial charge in [0.25, 0.3) is 0 Å². The summed E-state index contributed by atoms with van der Waals surface area (Å²) in [6.07, 6.45) is 10.5. The van der Waals surface area contributed by atoms with Crippen LogP contribution in [0.15, 0.2) is 0 Å². The van der Waals surface area contributed by atoms with E-state index < -0.39 is 0 Å². The Kier molecular flexibility index (Phi) is 5.79. The number of carbonyl (C=O) groups excluding carboxylic acids is 2. The summed E-state index contributed by atoms with van der Waals surface area (Å²) < 4.78 is 21.7. The van der Waals surface area contributed by atoms with Gasteiger partial charge in [0, 0.05) is 6.42 Å². The van der Waals surface area contributed by atoms with Crippen molar-refractivity contribution < 1.29 is 28.5 Å². The maximum Gasteiger partial charge on any atom is 0.309 e. The molecule has 4 rings (SSSR count). The third-order valence-electron chi connectivity index (χ3n) is 6.20. The number of hydrogen-bond acceptors (Lipinski definition) is 6. The van der Waals surface area contributed by atoms with Crippen LogP contribution in [0.3, 0.4) is 0 Å². The fourth-order valence-electron chi connectivity index (χ4n) is 4.38. The Morgan fingerprint density at radius 1 is 0.808 bits per heavy atom. The Morgan fingerprint density at radius 3 is 2.35 bits per heavy atom. The monoisotopic (exact) mass is 366 g/mol. The maximum absolute atomic E-state index is 12.0. The number of unbranched alkanes of at least 4 members (excludes halogenated alkanes) is 2. The summed E-state index contributed by atoms with van der Waals surface area (Å²) in [6.45, 7) is 0.986. The van der Waals surface area contributed by atoms with Crippen LogP contribution in [0, 0.1) is 11.8 Å². The molecule has 0 aromatic heterocycles. The first-order valence-corrected chi connectivity index (χ1v) is 10.3. The molecular weight excluding hydrogens is 336 g/mol. The van der Waals surface area contributed by atoms with E-state index in [1.165, 1.54) is 0 Å². The number of ether oxygens (including phenoxy) is 4. The zero-order chi connectivity index (χ0) is 17.9. The van der Waals surface area contributed by atoms with Gasteiger partial charge in [0.05, 0.1) is 43.5 Å². The van der Waals surface area contributed by atoms with Gasteiger partial charge in [-0.1, -0.05) is 0 Å². The van der Waals surface area contributed by atoms with E-state index in [4.69, 9.17) is 18.9 Å². The Balaban J connectivity index is 0.983. The normalized spacial score (nSPS) is 37.2. The molecule has 4 fully saturated rings. The Labute approximate surface area is 154 Å². The van der Waals surface area contributed by atoms with E-state index in [0.29, 0.717) is 50.0 Å². The van der Waals surface area contributed by atoms with Gasteiger partial charge in [0.2, 0.25) is 0 Å². The fourth-order valence-corrected chi connectivity index (χ4v) is 4.38. The third-order valence-corrected chi connectivity index (χ3v) is 6.20. The summed E-state index contributed by atoms with van der Waals surface area (Å²) in [4.78, 5) is 23.8. The lowest BCUT2D eigenvalue weighted by Gasteiger charge is -2.18. The predicted molar refractivity (Wildman–Crippen MR) is 92.4 cm³/mol. The lowest BCUT2D eigenvalue weighted by molar-refractivity contribution is -0.150. The molecule has 0 amide bonds. The SMILES string of the molecule is O=C(CCCCCOC(=O)C1CCC2O[C@H]2C1)OCC1CCC2OC2C1. The second-order valence-electron chi connectivity index (χ2n) is 8.28. The first-order valence-electron chi connectivity index (χ1n) is 10.3. The van der Waals surface area contributed by atoms with Crippen molar-refractivity contribution in [3.8, 4) is 0 Å². The summed E-state index contributed by atoms with van der Waals surface area (Å²) in [6, 6.07) is 0. The molecule has 4 aliphatic rings. The van der Waals surface area contributed by atoms with Crippen molar-refractivity contribution in [2.24, 2.45) is 11.8 Å². The number of carbonyl (C=O) groups is 2. The van der Waals surface area contributed by atoms with Gasteiger partial charge in [0.15, 0.2) is 0 Å². The van der Waals surface area contributed by atoms with Crippen LogP contribution in [0.5, 0.6) is 0 Å². The molecule has 0 spiro atoms. The van der Waals surface area contributed by atoms with Gasteiger partial charge in [-0.2, -0.15) is 0 Å². The minimum absolute atomic E-state index is 0.0184. The third kappa shape index (κ3) is 4.97. The molecule has 6 atom stereocenters. The van der Waals surface area contributed by atoms with E-state index in [-0.39, 0.29) is 17.9 Å². The van der Waals surface area contributed by atoms with Gasteiger partial charge < -0.3 is 18.9 Å². The predicted octanol–water partition coefficient (Wildman–Crippen LogP) is 2.77. The highest BCUT2D eigenvalue weighted by atomic mass is 16.6. The smallest absolute Gasteiger partial charge is 0.309 e. The molecule has 2 heterocycles. The highest BCUT2D eigenvalue weighted by molar-refractivity contribution is 5.72. The van der Waals surface area contributed by atoms with Crippen molar-refractivity contribution in [3.63, 3.8) is 0 Å². The average Bonchev–Trinajstić information content (AvgIpc) is 3.55. The first-order chi connectivity index (χ1) is 12.7. The number of epoxide rings is 2. The van der Waals surface area contributed by atoms with Crippen molar-refractivity contribution in [3.05, 3.63) is 0 Å². The van der Waals surface area contributed by atoms with Crippen LogP contribution < -0.4 is 0 Å². The van der Waals surface area contributed by atoms with Gasteiger partial charge in [-0.05, 0) is 63.7 Å². The zero-order valence-corrected chi connectivity index (χ0v) is 15.4. The van der Waals surface area contributed by atoms with Gasteiger partial charge in [-0.25, -0.2) is 0 Å². The lowest BCUT2D eigenvalue weighted by atomic mass is 9.89. The second-order valence-corrected chi connectivity index (χ2v) is 8.28. The molecule has 0 aromatic rings. The molecule has 0 aromatic carbocycles. The van der Waals surface area contributed by atoms with Crippen LogP contribution in [0.1, 0.15) is 64.2 Å². The average molecular weight is 366 g/mol. The highest BCUT2D eigenvalue weighted by Crippen LogP contribution is 2.40. The Bertz CT molecular complexity index is 520. The molecule has 2 saturated heterocycles. The number of rotatable bonds is 9. The molecule has 146 valence electrons. The van der Waals surface area contributed by atoms with Crippen LogP contribution in [-0.2, 0) is 28.5 Å². The van der Waals surface area contributed by atoms with E-state index in [1.54, 1.807) is 0 Å². The van der Waals surface area contributed by atoms with E-state index in [1.807, 2.05) is 0 Å². The van der Waals surface area contributed by atoms with Crippen LogP contribution in [-0.4, -0.2) is 49.6 Å². The summed E-state index contributed by atoms with van der Waals surface area (Å²) in [5.41, 5.74) is 0. The fraction of sp³-hybridized carbons (Fsp3) is 0.900. The van der Waals surface area contributed by atoms with Crippen molar-refractivity contribution in [2.45, 2.75) is 88.6 Å². The zero-order valence-electron chi connectivity index (χ0n) is 15.4. The summed E-state index contributed by atoms with van der Waals surface area (Å²) in [5.74, 6) is 0.304.